The summed E-state index contributed by atoms with van der Waals surface area (Å²) < 4.78 is 10.5. The molecule has 2 rings (SSSR count). The van der Waals surface area contributed by atoms with Crippen LogP contribution in [0.15, 0.2) is 16.7 Å². The predicted molar refractivity (Wildman–Crippen MR) is 76.6 cm³/mol. The van der Waals surface area contributed by atoms with Crippen molar-refractivity contribution < 1.29 is 13.9 Å². The molecule has 1 N–H and O–H groups in total. The monoisotopic (exact) mass is 280 g/mol. The fraction of sp³-hybridized carbons (Fsp3) is 0.667. The van der Waals surface area contributed by atoms with Crippen LogP contribution in [0.25, 0.3) is 0 Å². The van der Waals surface area contributed by atoms with Gasteiger partial charge in [-0.15, -0.1) is 0 Å². The molecule has 1 aliphatic rings. The normalized spacial score (nSPS) is 18.6. The first-order valence-electron chi connectivity index (χ1n) is 7.43. The van der Waals surface area contributed by atoms with E-state index in [1.54, 1.807) is 12.3 Å². The minimum Gasteiger partial charge on any atom is -0.467 e. The van der Waals surface area contributed by atoms with E-state index in [1.165, 1.54) is 12.8 Å². The first kappa shape index (κ1) is 15.1. The molecule has 1 atom stereocenters. The lowest BCUT2D eigenvalue weighted by Crippen LogP contribution is -2.37. The van der Waals surface area contributed by atoms with Gasteiger partial charge in [-0.05, 0) is 38.9 Å². The Morgan fingerprint density at radius 3 is 3.05 bits per heavy atom. The molecule has 20 heavy (non-hydrogen) atoms. The van der Waals surface area contributed by atoms with Gasteiger partial charge < -0.3 is 14.5 Å². The quantitative estimate of drug-likeness (QED) is 0.775. The van der Waals surface area contributed by atoms with E-state index >= 15 is 0 Å². The highest BCUT2D eigenvalue weighted by atomic mass is 16.5. The van der Waals surface area contributed by atoms with Gasteiger partial charge in [0.1, 0.15) is 11.3 Å². The van der Waals surface area contributed by atoms with Crippen molar-refractivity contribution in [2.45, 2.75) is 39.3 Å². The molecule has 0 aromatic carbocycles. The number of furan rings is 1. The van der Waals surface area contributed by atoms with Crippen LogP contribution in [0, 0.1) is 0 Å². The summed E-state index contributed by atoms with van der Waals surface area (Å²) in [6.45, 7) is 7.99. The predicted octanol–water partition coefficient (Wildman–Crippen LogP) is 2.03. The number of esters is 1. The number of ether oxygens (including phenoxy) is 1. The van der Waals surface area contributed by atoms with Gasteiger partial charge >= 0.3 is 5.97 Å². The van der Waals surface area contributed by atoms with Crippen molar-refractivity contribution in [3.8, 4) is 0 Å². The van der Waals surface area contributed by atoms with Gasteiger partial charge in [-0.3, -0.25) is 4.90 Å². The molecule has 0 amide bonds. The van der Waals surface area contributed by atoms with Crippen molar-refractivity contribution in [1.82, 2.24) is 10.2 Å². The van der Waals surface area contributed by atoms with E-state index in [-0.39, 0.29) is 5.97 Å². The Hall–Kier alpha value is -1.33. The van der Waals surface area contributed by atoms with Crippen LogP contribution in [0.2, 0.25) is 0 Å². The van der Waals surface area contributed by atoms with E-state index in [1.807, 2.05) is 6.92 Å². The zero-order chi connectivity index (χ0) is 14.4. The van der Waals surface area contributed by atoms with Crippen LogP contribution in [0.3, 0.4) is 0 Å². The number of hydrogen-bond acceptors (Lipinski definition) is 5. The SMILES string of the molecule is CCOC(=O)c1ccoc1CN(CC)CC1CCCN1. The highest BCUT2D eigenvalue weighted by molar-refractivity contribution is 5.90. The van der Waals surface area contributed by atoms with Gasteiger partial charge in [0.25, 0.3) is 0 Å². The number of nitrogens with zero attached hydrogens (tertiary/aromatic N) is 1. The Labute approximate surface area is 120 Å². The lowest BCUT2D eigenvalue weighted by Gasteiger charge is -2.23. The molecule has 0 bridgehead atoms. The van der Waals surface area contributed by atoms with Crippen molar-refractivity contribution in [3.63, 3.8) is 0 Å². The number of rotatable bonds is 7. The van der Waals surface area contributed by atoms with Crippen molar-refractivity contribution in [3.05, 3.63) is 23.7 Å². The maximum atomic E-state index is 11.8. The van der Waals surface area contributed by atoms with Crippen LogP contribution >= 0.6 is 0 Å². The molecule has 1 aromatic rings. The molecule has 1 aromatic heterocycles. The maximum Gasteiger partial charge on any atom is 0.341 e. The number of hydrogen-bond donors (Lipinski definition) is 1. The molecule has 2 heterocycles. The Balaban J connectivity index is 1.96. The molecule has 0 radical (unpaired) electrons. The van der Waals surface area contributed by atoms with Crippen molar-refractivity contribution in [1.29, 1.82) is 0 Å². The zero-order valence-electron chi connectivity index (χ0n) is 12.4. The standard InChI is InChI=1S/C15H24N2O3/c1-3-17(10-12-6-5-8-16-12)11-14-13(7-9-20-14)15(18)19-4-2/h7,9,12,16H,3-6,8,10-11H2,1-2H3. The number of likely N-dealkylation sites (N-methyl/N-ethyl adjacent to an activating group) is 1. The van der Waals surface area contributed by atoms with Crippen LogP contribution in [-0.2, 0) is 11.3 Å². The lowest BCUT2D eigenvalue weighted by molar-refractivity contribution is 0.0522. The molecule has 1 saturated heterocycles. The summed E-state index contributed by atoms with van der Waals surface area (Å²) in [5.74, 6) is 0.398. The molecule has 112 valence electrons. The van der Waals surface area contributed by atoms with Gasteiger partial charge in [-0.1, -0.05) is 6.92 Å². The van der Waals surface area contributed by atoms with Crippen LogP contribution in [0.1, 0.15) is 42.8 Å². The molecular formula is C15H24N2O3. The summed E-state index contributed by atoms with van der Waals surface area (Å²) in [6, 6.07) is 2.24. The third-order valence-corrected chi connectivity index (χ3v) is 3.70. The average molecular weight is 280 g/mol. The summed E-state index contributed by atoms with van der Waals surface area (Å²) in [4.78, 5) is 14.1. The van der Waals surface area contributed by atoms with E-state index in [9.17, 15) is 4.79 Å². The summed E-state index contributed by atoms with van der Waals surface area (Å²) in [7, 11) is 0. The Bertz CT molecular complexity index is 425. The smallest absolute Gasteiger partial charge is 0.341 e. The molecule has 5 heteroatoms. The van der Waals surface area contributed by atoms with Gasteiger partial charge in [0, 0.05) is 12.6 Å². The third kappa shape index (κ3) is 3.84. The summed E-state index contributed by atoms with van der Waals surface area (Å²) in [5, 5.41) is 3.49. The zero-order valence-corrected chi connectivity index (χ0v) is 12.4. The minimum absolute atomic E-state index is 0.300. The second-order valence-corrected chi connectivity index (χ2v) is 5.10. The molecule has 0 aliphatic carbocycles. The molecular weight excluding hydrogens is 256 g/mol. The van der Waals surface area contributed by atoms with Crippen molar-refractivity contribution >= 4 is 5.97 Å². The largest absolute Gasteiger partial charge is 0.467 e. The highest BCUT2D eigenvalue weighted by Crippen LogP contribution is 2.16. The van der Waals surface area contributed by atoms with Gasteiger partial charge in [-0.25, -0.2) is 4.79 Å². The summed E-state index contributed by atoms with van der Waals surface area (Å²) >= 11 is 0. The van der Waals surface area contributed by atoms with Crippen LogP contribution in [0.4, 0.5) is 0 Å². The average Bonchev–Trinajstić information content (AvgIpc) is 3.09. The fourth-order valence-electron chi connectivity index (χ4n) is 2.59. The van der Waals surface area contributed by atoms with Crippen LogP contribution < -0.4 is 5.32 Å². The number of nitrogens with one attached hydrogen (secondary N) is 1. The van der Waals surface area contributed by atoms with Crippen LogP contribution in [-0.4, -0.2) is 43.2 Å². The number of carbonyl (C=O) groups is 1. The van der Waals surface area contributed by atoms with Crippen molar-refractivity contribution in [2.24, 2.45) is 0 Å². The Morgan fingerprint density at radius 1 is 1.55 bits per heavy atom. The fourth-order valence-corrected chi connectivity index (χ4v) is 2.59. The maximum absolute atomic E-state index is 11.8. The minimum atomic E-state index is -0.300. The highest BCUT2D eigenvalue weighted by Gasteiger charge is 2.21. The van der Waals surface area contributed by atoms with E-state index in [2.05, 4.69) is 17.1 Å². The second-order valence-electron chi connectivity index (χ2n) is 5.10. The van der Waals surface area contributed by atoms with E-state index < -0.39 is 0 Å². The van der Waals surface area contributed by atoms with Gasteiger partial charge in [0.05, 0.1) is 19.4 Å². The second kappa shape index (κ2) is 7.45. The topological polar surface area (TPSA) is 54.7 Å². The number of carbonyl (C=O) groups excluding carboxylic acids is 1. The molecule has 5 nitrogen and oxygen atoms in total. The first-order chi connectivity index (χ1) is 9.74. The molecule has 1 unspecified atom stereocenters. The third-order valence-electron chi connectivity index (χ3n) is 3.70. The Morgan fingerprint density at radius 2 is 2.40 bits per heavy atom. The van der Waals surface area contributed by atoms with E-state index in [4.69, 9.17) is 9.15 Å². The van der Waals surface area contributed by atoms with Gasteiger partial charge in [0.15, 0.2) is 0 Å². The van der Waals surface area contributed by atoms with E-state index in [0.29, 0.717) is 30.5 Å². The molecule has 0 spiro atoms. The molecule has 0 saturated carbocycles. The first-order valence-corrected chi connectivity index (χ1v) is 7.43. The molecule has 1 aliphatic heterocycles. The van der Waals surface area contributed by atoms with Gasteiger partial charge in [0.2, 0.25) is 0 Å². The van der Waals surface area contributed by atoms with Crippen LogP contribution in [0.5, 0.6) is 0 Å². The van der Waals surface area contributed by atoms with E-state index in [0.717, 1.165) is 19.6 Å². The molecule has 1 fully saturated rings. The van der Waals surface area contributed by atoms with Gasteiger partial charge in [-0.2, -0.15) is 0 Å². The lowest BCUT2D eigenvalue weighted by atomic mass is 10.2. The Kier molecular flexibility index (Phi) is 5.61. The summed E-state index contributed by atoms with van der Waals surface area (Å²) in [5.41, 5.74) is 0.546. The van der Waals surface area contributed by atoms with Crippen molar-refractivity contribution in [2.75, 3.05) is 26.2 Å². The summed E-state index contributed by atoms with van der Waals surface area (Å²) in [6.07, 6.45) is 4.03.